The summed E-state index contributed by atoms with van der Waals surface area (Å²) in [6, 6.07) is 0.249. The molecule has 3 atom stereocenters. The molecule has 3 unspecified atom stereocenters. The quantitative estimate of drug-likeness (QED) is 0.636. The van der Waals surface area contributed by atoms with Crippen molar-refractivity contribution in [3.8, 4) is 0 Å². The molecule has 0 aromatic carbocycles. The van der Waals surface area contributed by atoms with E-state index in [1.165, 1.54) is 0 Å². The lowest BCUT2D eigenvalue weighted by atomic mass is 9.92. The van der Waals surface area contributed by atoms with Crippen molar-refractivity contribution in [1.82, 2.24) is 10.2 Å². The normalized spacial score (nSPS) is 18.4. The van der Waals surface area contributed by atoms with Gasteiger partial charge in [0, 0.05) is 19.7 Å². The molecule has 18 heavy (non-hydrogen) atoms. The summed E-state index contributed by atoms with van der Waals surface area (Å²) in [7, 11) is 3.74. The highest BCUT2D eigenvalue weighted by Crippen LogP contribution is 2.15. The van der Waals surface area contributed by atoms with E-state index in [0.717, 1.165) is 13.1 Å². The average Bonchev–Trinajstić information content (AvgIpc) is 2.28. The first-order valence-corrected chi connectivity index (χ1v) is 6.54. The van der Waals surface area contributed by atoms with Crippen LogP contribution in [0.15, 0.2) is 0 Å². The topological polar surface area (TPSA) is 67.6 Å². The maximum atomic E-state index is 11.6. The van der Waals surface area contributed by atoms with Crippen molar-refractivity contribution < 1.29 is 9.53 Å². The number of nitrogens with two attached hydrogens (primary N) is 1. The van der Waals surface area contributed by atoms with E-state index in [-0.39, 0.29) is 18.1 Å². The third-order valence-electron chi connectivity index (χ3n) is 3.51. The van der Waals surface area contributed by atoms with Crippen molar-refractivity contribution in [2.45, 2.75) is 51.8 Å². The third kappa shape index (κ3) is 5.33. The highest BCUT2D eigenvalue weighted by atomic mass is 16.5. The van der Waals surface area contributed by atoms with Gasteiger partial charge in [0.15, 0.2) is 0 Å². The number of amides is 1. The third-order valence-corrected chi connectivity index (χ3v) is 3.51. The summed E-state index contributed by atoms with van der Waals surface area (Å²) in [5.74, 6) is -0.301. The van der Waals surface area contributed by atoms with Crippen molar-refractivity contribution in [3.63, 3.8) is 0 Å². The molecule has 0 radical (unpaired) electrons. The average molecular weight is 259 g/mol. The van der Waals surface area contributed by atoms with Crippen molar-refractivity contribution in [2.75, 3.05) is 27.2 Å². The van der Waals surface area contributed by atoms with Crippen LogP contribution in [0.2, 0.25) is 0 Å². The zero-order valence-corrected chi connectivity index (χ0v) is 12.6. The van der Waals surface area contributed by atoms with Crippen LogP contribution in [0.4, 0.5) is 0 Å². The van der Waals surface area contributed by atoms with Gasteiger partial charge in [-0.05, 0) is 40.8 Å². The number of hydrogen-bond acceptors (Lipinski definition) is 4. The fourth-order valence-corrected chi connectivity index (χ4v) is 2.06. The molecule has 0 rings (SSSR count). The van der Waals surface area contributed by atoms with Crippen LogP contribution in [-0.4, -0.2) is 55.7 Å². The van der Waals surface area contributed by atoms with E-state index >= 15 is 0 Å². The molecular formula is C13H29N3O2. The summed E-state index contributed by atoms with van der Waals surface area (Å²) in [5.41, 5.74) is 4.83. The maximum absolute atomic E-state index is 11.6. The summed E-state index contributed by atoms with van der Waals surface area (Å²) in [6.45, 7) is 9.52. The van der Waals surface area contributed by atoms with Gasteiger partial charge in [-0.3, -0.25) is 4.79 Å². The standard InChI is InChI=1S/C13H29N3O2/c1-7-15-13(4,12(14)17)8-10(2)16(5)9-11(3)18-6/h10-11,15H,7-9H2,1-6H3,(H2,14,17). The fourth-order valence-electron chi connectivity index (χ4n) is 2.06. The maximum Gasteiger partial charge on any atom is 0.237 e. The molecule has 0 saturated carbocycles. The minimum atomic E-state index is -0.654. The van der Waals surface area contributed by atoms with Gasteiger partial charge >= 0.3 is 0 Å². The Labute approximate surface area is 111 Å². The largest absolute Gasteiger partial charge is 0.380 e. The van der Waals surface area contributed by atoms with Gasteiger partial charge in [0.1, 0.15) is 0 Å². The van der Waals surface area contributed by atoms with Gasteiger partial charge in [-0.15, -0.1) is 0 Å². The van der Waals surface area contributed by atoms with Gasteiger partial charge in [-0.2, -0.15) is 0 Å². The molecule has 0 saturated heterocycles. The van der Waals surface area contributed by atoms with Crippen molar-refractivity contribution in [3.05, 3.63) is 0 Å². The number of nitrogens with zero attached hydrogens (tertiary/aromatic N) is 1. The summed E-state index contributed by atoms with van der Waals surface area (Å²) < 4.78 is 5.25. The zero-order chi connectivity index (χ0) is 14.3. The number of nitrogens with one attached hydrogen (secondary N) is 1. The molecule has 0 heterocycles. The van der Waals surface area contributed by atoms with E-state index in [0.29, 0.717) is 6.42 Å². The van der Waals surface area contributed by atoms with Gasteiger partial charge in [0.25, 0.3) is 0 Å². The van der Waals surface area contributed by atoms with E-state index in [1.54, 1.807) is 7.11 Å². The van der Waals surface area contributed by atoms with Crippen LogP contribution in [0.5, 0.6) is 0 Å². The Kier molecular flexibility index (Phi) is 7.43. The van der Waals surface area contributed by atoms with Crippen LogP contribution in [0.3, 0.4) is 0 Å². The van der Waals surface area contributed by atoms with Crippen molar-refractivity contribution in [1.29, 1.82) is 0 Å². The van der Waals surface area contributed by atoms with Crippen molar-refractivity contribution in [2.24, 2.45) is 5.73 Å². The predicted octanol–water partition coefficient (Wildman–Crippen LogP) is 0.585. The van der Waals surface area contributed by atoms with Crippen LogP contribution in [-0.2, 0) is 9.53 Å². The lowest BCUT2D eigenvalue weighted by Crippen LogP contribution is -2.56. The molecule has 1 amide bonds. The number of rotatable bonds is 9. The highest BCUT2D eigenvalue weighted by molar-refractivity contribution is 5.84. The number of primary amides is 1. The van der Waals surface area contributed by atoms with E-state index < -0.39 is 5.54 Å². The Balaban J connectivity index is 4.50. The fraction of sp³-hybridized carbons (Fsp3) is 0.923. The number of ether oxygens (including phenoxy) is 1. The minimum Gasteiger partial charge on any atom is -0.380 e. The molecule has 0 spiro atoms. The van der Waals surface area contributed by atoms with Crippen LogP contribution >= 0.6 is 0 Å². The van der Waals surface area contributed by atoms with Crippen LogP contribution < -0.4 is 11.1 Å². The molecule has 0 aliphatic rings. The SMILES string of the molecule is CCNC(C)(CC(C)N(C)CC(C)OC)C(N)=O. The van der Waals surface area contributed by atoms with Gasteiger partial charge < -0.3 is 20.7 Å². The molecule has 5 nitrogen and oxygen atoms in total. The Morgan fingerprint density at radius 3 is 2.44 bits per heavy atom. The van der Waals surface area contributed by atoms with Crippen LogP contribution in [0.25, 0.3) is 0 Å². The first-order valence-electron chi connectivity index (χ1n) is 6.54. The number of likely N-dealkylation sites (N-methyl/N-ethyl adjacent to an activating group) is 2. The number of carbonyl (C=O) groups excluding carboxylic acids is 1. The second-order valence-electron chi connectivity index (χ2n) is 5.27. The number of methoxy groups -OCH3 is 1. The number of carbonyl (C=O) groups is 1. The molecule has 0 aliphatic heterocycles. The van der Waals surface area contributed by atoms with E-state index in [4.69, 9.17) is 10.5 Å². The molecule has 3 N–H and O–H groups in total. The Morgan fingerprint density at radius 2 is 2.06 bits per heavy atom. The van der Waals surface area contributed by atoms with Crippen molar-refractivity contribution >= 4 is 5.91 Å². The molecule has 0 aromatic heterocycles. The van der Waals surface area contributed by atoms with E-state index in [9.17, 15) is 4.79 Å². The zero-order valence-electron chi connectivity index (χ0n) is 12.6. The van der Waals surface area contributed by atoms with E-state index in [2.05, 4.69) is 17.1 Å². The smallest absolute Gasteiger partial charge is 0.237 e. The number of hydrogen-bond donors (Lipinski definition) is 2. The van der Waals surface area contributed by atoms with E-state index in [1.807, 2.05) is 27.8 Å². The lowest BCUT2D eigenvalue weighted by molar-refractivity contribution is -0.124. The molecule has 5 heteroatoms. The molecule has 108 valence electrons. The second kappa shape index (κ2) is 7.71. The Hall–Kier alpha value is -0.650. The minimum absolute atomic E-state index is 0.177. The summed E-state index contributed by atoms with van der Waals surface area (Å²) in [5, 5.41) is 3.18. The summed E-state index contributed by atoms with van der Waals surface area (Å²) in [6.07, 6.45) is 0.861. The monoisotopic (exact) mass is 259 g/mol. The molecule has 0 aromatic rings. The Bertz CT molecular complexity index is 261. The molecule has 0 bridgehead atoms. The van der Waals surface area contributed by atoms with Gasteiger partial charge in [0.2, 0.25) is 5.91 Å². The predicted molar refractivity (Wildman–Crippen MR) is 74.5 cm³/mol. The highest BCUT2D eigenvalue weighted by Gasteiger charge is 2.32. The first-order chi connectivity index (χ1) is 8.26. The molecule has 0 aliphatic carbocycles. The Morgan fingerprint density at radius 1 is 1.50 bits per heavy atom. The second-order valence-corrected chi connectivity index (χ2v) is 5.27. The van der Waals surface area contributed by atoms with Gasteiger partial charge in [0.05, 0.1) is 11.6 Å². The van der Waals surface area contributed by atoms with Gasteiger partial charge in [-0.25, -0.2) is 0 Å². The molecular weight excluding hydrogens is 230 g/mol. The molecule has 0 fully saturated rings. The van der Waals surface area contributed by atoms with Gasteiger partial charge in [-0.1, -0.05) is 6.92 Å². The van der Waals surface area contributed by atoms with Crippen LogP contribution in [0.1, 0.15) is 34.1 Å². The summed E-state index contributed by atoms with van der Waals surface area (Å²) >= 11 is 0. The summed E-state index contributed by atoms with van der Waals surface area (Å²) in [4.78, 5) is 13.8. The first kappa shape index (κ1) is 17.4. The van der Waals surface area contributed by atoms with Crippen LogP contribution in [0, 0.1) is 0 Å². The lowest BCUT2D eigenvalue weighted by Gasteiger charge is -2.34.